The van der Waals surface area contributed by atoms with Gasteiger partial charge in [-0.2, -0.15) is 4.98 Å². The molecule has 8 heteroatoms. The summed E-state index contributed by atoms with van der Waals surface area (Å²) in [6, 6.07) is 17.5. The molecule has 0 radical (unpaired) electrons. The van der Waals surface area contributed by atoms with Gasteiger partial charge in [-0.1, -0.05) is 67.3 Å². The zero-order valence-corrected chi connectivity index (χ0v) is 18.9. The first kappa shape index (κ1) is 22.5. The summed E-state index contributed by atoms with van der Waals surface area (Å²) >= 11 is 0. The number of aromatic amines is 1. The Kier molecular flexibility index (Phi) is 6.72. The molecule has 0 atom stereocenters. The van der Waals surface area contributed by atoms with E-state index in [2.05, 4.69) is 20.5 Å². The molecule has 172 valence electrons. The lowest BCUT2D eigenvalue weighted by Crippen LogP contribution is -2.60. The highest BCUT2D eigenvalue weighted by Gasteiger charge is 2.47. The summed E-state index contributed by atoms with van der Waals surface area (Å²) in [6.45, 7) is 2.34. The Bertz CT molecular complexity index is 1090. The smallest absolute Gasteiger partial charge is 0.250 e. The molecule has 0 bridgehead atoms. The van der Waals surface area contributed by atoms with E-state index in [9.17, 15) is 9.59 Å². The number of rotatable bonds is 7. The maximum absolute atomic E-state index is 13.8. The number of aryl methyl sites for hydroxylation is 1. The molecular formula is C25H30N6O2. The molecule has 1 heterocycles. The Morgan fingerprint density at radius 2 is 1.76 bits per heavy atom. The Morgan fingerprint density at radius 3 is 2.39 bits per heavy atom. The minimum absolute atomic E-state index is 0.00338. The minimum atomic E-state index is -0.943. The molecule has 33 heavy (non-hydrogen) atoms. The fourth-order valence-electron chi connectivity index (χ4n) is 4.51. The van der Waals surface area contributed by atoms with Crippen LogP contribution in [0.4, 0.5) is 11.6 Å². The van der Waals surface area contributed by atoms with Gasteiger partial charge in [-0.3, -0.25) is 14.7 Å². The van der Waals surface area contributed by atoms with Crippen LogP contribution >= 0.6 is 0 Å². The topological polar surface area (TPSA) is 117 Å². The first-order chi connectivity index (χ1) is 16.0. The van der Waals surface area contributed by atoms with E-state index in [1.165, 1.54) is 0 Å². The third kappa shape index (κ3) is 5.22. The second kappa shape index (κ2) is 9.85. The van der Waals surface area contributed by atoms with Crippen molar-refractivity contribution in [2.24, 2.45) is 0 Å². The van der Waals surface area contributed by atoms with E-state index < -0.39 is 5.54 Å². The first-order valence-corrected chi connectivity index (χ1v) is 11.4. The van der Waals surface area contributed by atoms with E-state index in [1.807, 2.05) is 61.5 Å². The lowest BCUT2D eigenvalue weighted by atomic mass is 9.78. The number of H-pyrrole nitrogens is 1. The number of anilines is 2. The second-order valence-corrected chi connectivity index (χ2v) is 8.69. The number of benzene rings is 2. The predicted octanol–water partition coefficient (Wildman–Crippen LogP) is 3.61. The van der Waals surface area contributed by atoms with E-state index in [0.717, 1.165) is 36.1 Å². The monoisotopic (exact) mass is 446 g/mol. The van der Waals surface area contributed by atoms with Crippen LogP contribution in [-0.2, 0) is 22.6 Å². The number of aromatic nitrogens is 3. The van der Waals surface area contributed by atoms with Crippen molar-refractivity contribution in [3.8, 4) is 0 Å². The first-order valence-electron chi connectivity index (χ1n) is 11.4. The zero-order valence-electron chi connectivity index (χ0n) is 18.9. The summed E-state index contributed by atoms with van der Waals surface area (Å²) in [4.78, 5) is 33.3. The molecule has 2 aromatic carbocycles. The van der Waals surface area contributed by atoms with Crippen molar-refractivity contribution in [1.82, 2.24) is 20.1 Å². The molecule has 2 amide bonds. The Balaban J connectivity index is 1.68. The van der Waals surface area contributed by atoms with E-state index in [4.69, 9.17) is 5.73 Å². The highest BCUT2D eigenvalue weighted by Crippen LogP contribution is 2.36. The molecule has 0 aliphatic heterocycles. The Labute approximate surface area is 193 Å². The van der Waals surface area contributed by atoms with Crippen molar-refractivity contribution < 1.29 is 9.59 Å². The second-order valence-electron chi connectivity index (χ2n) is 8.69. The number of nitrogens with zero attached hydrogens (tertiary/aromatic N) is 3. The molecule has 4 rings (SSSR count). The van der Waals surface area contributed by atoms with Crippen LogP contribution in [0.1, 0.15) is 49.1 Å². The van der Waals surface area contributed by atoms with Crippen LogP contribution in [0.25, 0.3) is 0 Å². The van der Waals surface area contributed by atoms with Crippen LogP contribution in [0.2, 0.25) is 0 Å². The number of carbonyl (C=O) groups excluding carboxylic acids is 2. The molecule has 3 aromatic rings. The molecule has 0 saturated heterocycles. The lowest BCUT2D eigenvalue weighted by Gasteiger charge is -2.45. The van der Waals surface area contributed by atoms with Gasteiger partial charge < -0.3 is 16.0 Å². The van der Waals surface area contributed by atoms with Crippen LogP contribution in [0.5, 0.6) is 0 Å². The summed E-state index contributed by atoms with van der Waals surface area (Å²) in [5, 5.41) is 9.62. The lowest BCUT2D eigenvalue weighted by molar-refractivity contribution is -0.148. The van der Waals surface area contributed by atoms with Crippen molar-refractivity contribution in [2.45, 2.75) is 57.5 Å². The van der Waals surface area contributed by atoms with Gasteiger partial charge in [-0.25, -0.2) is 0 Å². The van der Waals surface area contributed by atoms with Crippen LogP contribution in [-0.4, -0.2) is 37.4 Å². The van der Waals surface area contributed by atoms with E-state index in [-0.39, 0.29) is 24.2 Å². The average Bonchev–Trinajstić information content (AvgIpc) is 3.24. The van der Waals surface area contributed by atoms with E-state index in [0.29, 0.717) is 25.2 Å². The van der Waals surface area contributed by atoms with Gasteiger partial charge in [0.15, 0.2) is 0 Å². The summed E-state index contributed by atoms with van der Waals surface area (Å²) in [5.74, 6) is 0.153. The van der Waals surface area contributed by atoms with E-state index >= 15 is 0 Å². The van der Waals surface area contributed by atoms with Crippen molar-refractivity contribution in [3.05, 3.63) is 71.5 Å². The number of nitrogens with two attached hydrogens (primary N) is 1. The van der Waals surface area contributed by atoms with E-state index in [1.54, 1.807) is 4.90 Å². The van der Waals surface area contributed by atoms with Gasteiger partial charge in [0.25, 0.3) is 0 Å². The van der Waals surface area contributed by atoms with Crippen LogP contribution in [0, 0.1) is 6.92 Å². The van der Waals surface area contributed by atoms with Crippen LogP contribution in [0.3, 0.4) is 0 Å². The maximum Gasteiger partial charge on any atom is 0.250 e. The van der Waals surface area contributed by atoms with Crippen molar-refractivity contribution in [2.75, 3.05) is 11.1 Å². The van der Waals surface area contributed by atoms with Crippen LogP contribution < -0.4 is 11.1 Å². The van der Waals surface area contributed by atoms with Crippen molar-refractivity contribution >= 4 is 23.5 Å². The number of nitrogens with one attached hydrogen (secondary N) is 2. The van der Waals surface area contributed by atoms with Gasteiger partial charge in [0.05, 0.1) is 6.42 Å². The van der Waals surface area contributed by atoms with Crippen molar-refractivity contribution in [3.63, 3.8) is 0 Å². The highest BCUT2D eigenvalue weighted by molar-refractivity contribution is 6.00. The highest BCUT2D eigenvalue weighted by atomic mass is 16.2. The van der Waals surface area contributed by atoms with Gasteiger partial charge in [0, 0.05) is 12.2 Å². The summed E-state index contributed by atoms with van der Waals surface area (Å²) < 4.78 is 0. The molecule has 1 aromatic heterocycles. The summed E-state index contributed by atoms with van der Waals surface area (Å²) in [6.07, 6.45) is 4.04. The quantitative estimate of drug-likeness (QED) is 0.513. The summed E-state index contributed by atoms with van der Waals surface area (Å²) in [5.41, 5.74) is 7.50. The minimum Gasteiger partial charge on any atom is -0.367 e. The van der Waals surface area contributed by atoms with Gasteiger partial charge in [-0.05, 0) is 37.5 Å². The Morgan fingerprint density at radius 1 is 1.06 bits per heavy atom. The van der Waals surface area contributed by atoms with Gasteiger partial charge in [0.2, 0.25) is 17.8 Å². The zero-order chi connectivity index (χ0) is 23.3. The normalized spacial score (nSPS) is 15.1. The average molecular weight is 447 g/mol. The van der Waals surface area contributed by atoms with Gasteiger partial charge in [0.1, 0.15) is 11.4 Å². The SMILES string of the molecule is Cc1ccc(NC(=O)C2(N(Cc3ccccc3)C(=O)Cc3nc(N)n[nH]3)CCCCC2)cc1. The van der Waals surface area contributed by atoms with Crippen LogP contribution in [0.15, 0.2) is 54.6 Å². The Hall–Kier alpha value is -3.68. The number of hydrogen-bond donors (Lipinski definition) is 3. The molecule has 8 nitrogen and oxygen atoms in total. The number of amides is 2. The maximum atomic E-state index is 13.8. The fraction of sp³-hybridized carbons (Fsp3) is 0.360. The third-order valence-electron chi connectivity index (χ3n) is 6.28. The third-order valence-corrected chi connectivity index (χ3v) is 6.28. The molecule has 1 saturated carbocycles. The van der Waals surface area contributed by atoms with Crippen molar-refractivity contribution in [1.29, 1.82) is 0 Å². The van der Waals surface area contributed by atoms with Gasteiger partial charge in [-0.15, -0.1) is 5.10 Å². The fourth-order valence-corrected chi connectivity index (χ4v) is 4.51. The number of nitrogen functional groups attached to an aromatic ring is 1. The van der Waals surface area contributed by atoms with Gasteiger partial charge >= 0.3 is 0 Å². The molecule has 0 spiro atoms. The molecule has 1 aliphatic carbocycles. The number of carbonyl (C=O) groups is 2. The largest absolute Gasteiger partial charge is 0.367 e. The predicted molar refractivity (Wildman–Crippen MR) is 127 cm³/mol. The molecule has 0 unspecified atom stereocenters. The molecule has 1 aliphatic rings. The summed E-state index contributed by atoms with van der Waals surface area (Å²) in [7, 11) is 0. The molecule has 4 N–H and O–H groups in total. The molecular weight excluding hydrogens is 416 g/mol. The number of hydrogen-bond acceptors (Lipinski definition) is 5. The molecule has 1 fully saturated rings. The standard InChI is InChI=1S/C25H30N6O2/c1-18-10-12-20(13-11-18)27-23(33)25(14-6-3-7-15-25)31(17-19-8-4-2-5-9-19)22(32)16-21-28-24(26)30-29-21/h2,4-5,8-13H,3,6-7,14-17H2,1H3,(H,27,33)(H3,26,28,29,30).